The molecule has 6 heteroatoms. The predicted octanol–water partition coefficient (Wildman–Crippen LogP) is 3.78. The molecular formula is C13H18BrClO3S. The summed E-state index contributed by atoms with van der Waals surface area (Å²) in [5, 5.41) is 0. The van der Waals surface area contributed by atoms with E-state index in [1.807, 2.05) is 18.2 Å². The molecule has 0 aromatic heterocycles. The average Bonchev–Trinajstić information content (AvgIpc) is 2.29. The minimum atomic E-state index is -3.17. The first-order chi connectivity index (χ1) is 8.69. The van der Waals surface area contributed by atoms with Crippen LogP contribution in [0.1, 0.15) is 26.3 Å². The molecule has 0 aliphatic carbocycles. The van der Waals surface area contributed by atoms with E-state index < -0.39 is 14.6 Å². The predicted molar refractivity (Wildman–Crippen MR) is 82.7 cm³/mol. The number of para-hydroxylation sites is 1. The Bertz CT molecular complexity index is 535. The van der Waals surface area contributed by atoms with Gasteiger partial charge in [-0.05, 0) is 42.8 Å². The summed E-state index contributed by atoms with van der Waals surface area (Å²) in [5.74, 6) is 0.919. The first kappa shape index (κ1) is 16.8. The van der Waals surface area contributed by atoms with Gasteiger partial charge in [-0.3, -0.25) is 0 Å². The van der Waals surface area contributed by atoms with Crippen LogP contribution in [0.4, 0.5) is 0 Å². The summed E-state index contributed by atoms with van der Waals surface area (Å²) < 4.78 is 29.5. The molecule has 0 spiro atoms. The Morgan fingerprint density at radius 3 is 2.47 bits per heavy atom. The van der Waals surface area contributed by atoms with Crippen molar-refractivity contribution in [3.8, 4) is 5.75 Å². The van der Waals surface area contributed by atoms with Crippen molar-refractivity contribution in [2.24, 2.45) is 0 Å². The highest BCUT2D eigenvalue weighted by molar-refractivity contribution is 9.10. The van der Waals surface area contributed by atoms with Crippen molar-refractivity contribution in [2.75, 3.05) is 12.4 Å². The topological polar surface area (TPSA) is 43.4 Å². The lowest BCUT2D eigenvalue weighted by molar-refractivity contribution is 0.335. The lowest BCUT2D eigenvalue weighted by Crippen LogP contribution is -2.32. The Morgan fingerprint density at radius 1 is 1.32 bits per heavy atom. The molecule has 0 saturated carbocycles. The van der Waals surface area contributed by atoms with Crippen molar-refractivity contribution in [1.82, 2.24) is 0 Å². The first-order valence-corrected chi connectivity index (χ1v) is 8.85. The number of sulfone groups is 1. The van der Waals surface area contributed by atoms with Crippen LogP contribution in [0.5, 0.6) is 5.75 Å². The van der Waals surface area contributed by atoms with E-state index in [9.17, 15) is 8.42 Å². The molecular weight excluding hydrogens is 352 g/mol. The minimum Gasteiger partial charge on any atom is -0.491 e. The first-order valence-electron chi connectivity index (χ1n) is 5.87. The summed E-state index contributed by atoms with van der Waals surface area (Å²) in [6, 6.07) is 5.55. The zero-order chi connectivity index (χ0) is 14.7. The van der Waals surface area contributed by atoms with Gasteiger partial charge in [0.25, 0.3) is 0 Å². The number of rotatable bonds is 5. The van der Waals surface area contributed by atoms with Crippen LogP contribution in [-0.4, -0.2) is 25.5 Å². The molecule has 0 bridgehead atoms. The van der Waals surface area contributed by atoms with E-state index >= 15 is 0 Å². The molecule has 0 radical (unpaired) electrons. The summed E-state index contributed by atoms with van der Waals surface area (Å²) >= 11 is 9.20. The van der Waals surface area contributed by atoms with E-state index in [1.54, 1.807) is 20.8 Å². The third-order valence-corrected chi connectivity index (χ3v) is 6.21. The molecule has 1 aromatic carbocycles. The Morgan fingerprint density at radius 2 is 1.95 bits per heavy atom. The Kier molecular flexibility index (Phi) is 5.71. The van der Waals surface area contributed by atoms with Crippen LogP contribution in [0, 0.1) is 0 Å². The Labute approximate surface area is 128 Å². The normalized spacial score (nSPS) is 12.5. The molecule has 0 aliphatic heterocycles. The molecule has 0 N–H and O–H groups in total. The average molecular weight is 370 g/mol. The summed E-state index contributed by atoms with van der Waals surface area (Å²) in [6.07, 6.45) is 0. The number of ether oxygens (including phenoxy) is 1. The standard InChI is InChI=1S/C13H18BrClO3S/c1-13(2,3)19(16,17)8-7-18-12-10(9-15)5-4-6-11(12)14/h4-6H,7-9H2,1-3H3. The van der Waals surface area contributed by atoms with Gasteiger partial charge in [0.2, 0.25) is 0 Å². The number of hydrogen-bond acceptors (Lipinski definition) is 3. The lowest BCUT2D eigenvalue weighted by Gasteiger charge is -2.19. The van der Waals surface area contributed by atoms with Crippen LogP contribution in [-0.2, 0) is 15.7 Å². The van der Waals surface area contributed by atoms with Crippen LogP contribution in [0.2, 0.25) is 0 Å². The summed E-state index contributed by atoms with van der Waals surface area (Å²) in [7, 11) is -3.17. The third kappa shape index (κ3) is 4.36. The van der Waals surface area contributed by atoms with E-state index in [2.05, 4.69) is 15.9 Å². The number of hydrogen-bond donors (Lipinski definition) is 0. The molecule has 0 fully saturated rings. The second kappa shape index (κ2) is 6.46. The van der Waals surface area contributed by atoms with Gasteiger partial charge in [0.1, 0.15) is 12.4 Å². The quantitative estimate of drug-likeness (QED) is 0.742. The van der Waals surface area contributed by atoms with Gasteiger partial charge >= 0.3 is 0 Å². The fourth-order valence-corrected chi connectivity index (χ4v) is 3.03. The van der Waals surface area contributed by atoms with E-state index in [-0.39, 0.29) is 12.4 Å². The van der Waals surface area contributed by atoms with Gasteiger partial charge in [0.15, 0.2) is 9.84 Å². The molecule has 1 aromatic rings. The highest BCUT2D eigenvalue weighted by Crippen LogP contribution is 2.30. The molecule has 108 valence electrons. The van der Waals surface area contributed by atoms with E-state index in [0.717, 1.165) is 10.0 Å². The van der Waals surface area contributed by atoms with Crippen LogP contribution < -0.4 is 4.74 Å². The third-order valence-electron chi connectivity index (χ3n) is 2.72. The van der Waals surface area contributed by atoms with Crippen LogP contribution >= 0.6 is 27.5 Å². The van der Waals surface area contributed by atoms with Crippen molar-refractivity contribution in [1.29, 1.82) is 0 Å². The number of benzene rings is 1. The monoisotopic (exact) mass is 368 g/mol. The van der Waals surface area contributed by atoms with Crippen LogP contribution in [0.3, 0.4) is 0 Å². The smallest absolute Gasteiger partial charge is 0.158 e. The van der Waals surface area contributed by atoms with Gasteiger partial charge in [-0.1, -0.05) is 12.1 Å². The van der Waals surface area contributed by atoms with Gasteiger partial charge in [0.05, 0.1) is 20.9 Å². The maximum absolute atomic E-state index is 12.0. The number of halogens is 2. The van der Waals surface area contributed by atoms with E-state index in [0.29, 0.717) is 11.6 Å². The fourth-order valence-electron chi connectivity index (χ4n) is 1.38. The van der Waals surface area contributed by atoms with E-state index in [1.165, 1.54) is 0 Å². The second-order valence-electron chi connectivity index (χ2n) is 5.14. The largest absolute Gasteiger partial charge is 0.491 e. The lowest BCUT2D eigenvalue weighted by atomic mass is 10.2. The van der Waals surface area contributed by atoms with Gasteiger partial charge in [0, 0.05) is 5.56 Å². The maximum Gasteiger partial charge on any atom is 0.158 e. The van der Waals surface area contributed by atoms with Crippen LogP contribution in [0.25, 0.3) is 0 Å². The molecule has 0 saturated heterocycles. The van der Waals surface area contributed by atoms with Gasteiger partial charge in [-0.25, -0.2) is 8.42 Å². The van der Waals surface area contributed by atoms with Crippen molar-refractivity contribution in [2.45, 2.75) is 31.4 Å². The molecule has 0 amide bonds. The molecule has 1 rings (SSSR count). The molecule has 0 heterocycles. The Hall–Kier alpha value is -0.260. The molecule has 0 aliphatic rings. The zero-order valence-corrected chi connectivity index (χ0v) is 14.4. The van der Waals surface area contributed by atoms with Crippen LogP contribution in [0.15, 0.2) is 22.7 Å². The van der Waals surface area contributed by atoms with Crippen molar-refractivity contribution < 1.29 is 13.2 Å². The van der Waals surface area contributed by atoms with Gasteiger partial charge in [-0.2, -0.15) is 0 Å². The fraction of sp³-hybridized carbons (Fsp3) is 0.538. The molecule has 19 heavy (non-hydrogen) atoms. The molecule has 0 atom stereocenters. The molecule has 0 unspecified atom stereocenters. The summed E-state index contributed by atoms with van der Waals surface area (Å²) in [6.45, 7) is 5.17. The maximum atomic E-state index is 12.0. The summed E-state index contributed by atoms with van der Waals surface area (Å²) in [4.78, 5) is 0. The van der Waals surface area contributed by atoms with Gasteiger partial charge < -0.3 is 4.74 Å². The van der Waals surface area contributed by atoms with Crippen molar-refractivity contribution in [3.05, 3.63) is 28.2 Å². The highest BCUT2D eigenvalue weighted by Gasteiger charge is 2.28. The van der Waals surface area contributed by atoms with Crippen molar-refractivity contribution >= 4 is 37.4 Å². The second-order valence-corrected chi connectivity index (χ2v) is 9.13. The number of alkyl halides is 1. The molecule has 3 nitrogen and oxygen atoms in total. The van der Waals surface area contributed by atoms with E-state index in [4.69, 9.17) is 16.3 Å². The summed E-state index contributed by atoms with van der Waals surface area (Å²) in [5.41, 5.74) is 0.837. The SMILES string of the molecule is CC(C)(C)S(=O)(=O)CCOc1c(Br)cccc1CCl. The highest BCUT2D eigenvalue weighted by atomic mass is 79.9. The van der Waals surface area contributed by atoms with Gasteiger partial charge in [-0.15, -0.1) is 11.6 Å². The zero-order valence-electron chi connectivity index (χ0n) is 11.2. The Balaban J connectivity index is 2.75. The minimum absolute atomic E-state index is 0.0143. The van der Waals surface area contributed by atoms with Crippen molar-refractivity contribution in [3.63, 3.8) is 0 Å².